The molecule has 2 heterocycles. The van der Waals surface area contributed by atoms with Gasteiger partial charge in [0.05, 0.1) is 11.7 Å². The highest BCUT2D eigenvalue weighted by Crippen LogP contribution is 2.22. The maximum atomic E-state index is 12.5. The van der Waals surface area contributed by atoms with Gasteiger partial charge in [-0.2, -0.15) is 5.10 Å². The van der Waals surface area contributed by atoms with Crippen molar-refractivity contribution in [2.45, 2.75) is 26.2 Å². The Kier molecular flexibility index (Phi) is 5.10. The highest BCUT2D eigenvalue weighted by atomic mass is 16.2. The molecule has 0 spiro atoms. The first-order valence-electron chi connectivity index (χ1n) is 9.67. The highest BCUT2D eigenvalue weighted by molar-refractivity contribution is 6.39. The van der Waals surface area contributed by atoms with Crippen LogP contribution in [0.3, 0.4) is 0 Å². The van der Waals surface area contributed by atoms with E-state index < -0.39 is 11.8 Å². The third kappa shape index (κ3) is 4.06. The van der Waals surface area contributed by atoms with E-state index in [0.717, 1.165) is 30.2 Å². The Hall–Kier alpha value is -3.15. The Balaban J connectivity index is 1.30. The number of aromatic amines is 1. The Bertz CT molecular complexity index is 985. The average molecular weight is 376 g/mol. The standard InChI is InChI=1S/C22H24N4O2/c1-15-2-4-16(5-3-15)12-17-8-10-26(11-9-17)22(28)21(27)24-19-6-7-20-18(13-19)14-23-25-20/h2-7,13-14,17H,8-12H2,1H3,(H,23,25)(H,24,27). The monoisotopic (exact) mass is 376 g/mol. The average Bonchev–Trinajstić information content (AvgIpc) is 3.17. The minimum atomic E-state index is -0.583. The summed E-state index contributed by atoms with van der Waals surface area (Å²) in [5.74, 6) is -0.487. The van der Waals surface area contributed by atoms with E-state index in [1.54, 1.807) is 23.2 Å². The van der Waals surface area contributed by atoms with Gasteiger partial charge in [-0.15, -0.1) is 0 Å². The fourth-order valence-corrected chi connectivity index (χ4v) is 3.75. The summed E-state index contributed by atoms with van der Waals surface area (Å²) >= 11 is 0. The number of aryl methyl sites for hydroxylation is 1. The number of hydrogen-bond acceptors (Lipinski definition) is 3. The van der Waals surface area contributed by atoms with Crippen LogP contribution in [0.25, 0.3) is 10.9 Å². The molecule has 0 bridgehead atoms. The summed E-state index contributed by atoms with van der Waals surface area (Å²) in [4.78, 5) is 26.5. The number of rotatable bonds is 3. The van der Waals surface area contributed by atoms with Crippen molar-refractivity contribution >= 4 is 28.4 Å². The van der Waals surface area contributed by atoms with Crippen LogP contribution in [-0.2, 0) is 16.0 Å². The molecule has 1 fully saturated rings. The fraction of sp³-hybridized carbons (Fsp3) is 0.318. The summed E-state index contributed by atoms with van der Waals surface area (Å²) in [6.45, 7) is 3.35. The zero-order chi connectivity index (χ0) is 19.5. The van der Waals surface area contributed by atoms with Gasteiger partial charge >= 0.3 is 11.8 Å². The van der Waals surface area contributed by atoms with Gasteiger partial charge in [-0.05, 0) is 55.9 Å². The van der Waals surface area contributed by atoms with Gasteiger partial charge in [-0.1, -0.05) is 29.8 Å². The van der Waals surface area contributed by atoms with Crippen molar-refractivity contribution in [3.63, 3.8) is 0 Å². The van der Waals surface area contributed by atoms with Crippen LogP contribution >= 0.6 is 0 Å². The molecular weight excluding hydrogens is 352 g/mol. The van der Waals surface area contributed by atoms with E-state index in [9.17, 15) is 9.59 Å². The lowest BCUT2D eigenvalue weighted by Gasteiger charge is -2.31. The van der Waals surface area contributed by atoms with Crippen LogP contribution in [0.15, 0.2) is 48.7 Å². The van der Waals surface area contributed by atoms with Crippen molar-refractivity contribution < 1.29 is 9.59 Å². The van der Waals surface area contributed by atoms with Crippen LogP contribution in [0.4, 0.5) is 5.69 Å². The predicted octanol–water partition coefficient (Wildman–Crippen LogP) is 3.29. The summed E-state index contributed by atoms with van der Waals surface area (Å²) < 4.78 is 0. The first kappa shape index (κ1) is 18.2. The van der Waals surface area contributed by atoms with Gasteiger partial charge in [0.25, 0.3) is 0 Å². The molecule has 3 aromatic rings. The normalized spacial score (nSPS) is 15.0. The lowest BCUT2D eigenvalue weighted by atomic mass is 9.90. The van der Waals surface area contributed by atoms with Crippen LogP contribution in [0, 0.1) is 12.8 Å². The van der Waals surface area contributed by atoms with E-state index in [-0.39, 0.29) is 0 Å². The van der Waals surface area contributed by atoms with Gasteiger partial charge < -0.3 is 10.2 Å². The fourth-order valence-electron chi connectivity index (χ4n) is 3.75. The molecule has 4 rings (SSSR count). The number of amides is 2. The second-order valence-electron chi connectivity index (χ2n) is 7.55. The van der Waals surface area contributed by atoms with Crippen LogP contribution < -0.4 is 5.32 Å². The molecule has 0 radical (unpaired) electrons. The molecule has 28 heavy (non-hydrogen) atoms. The topological polar surface area (TPSA) is 78.1 Å². The summed E-state index contributed by atoms with van der Waals surface area (Å²) in [6.07, 6.45) is 4.56. The zero-order valence-corrected chi connectivity index (χ0v) is 15.9. The van der Waals surface area contributed by atoms with Gasteiger partial charge in [0, 0.05) is 24.2 Å². The molecule has 1 aliphatic heterocycles. The lowest BCUT2D eigenvalue weighted by Crippen LogP contribution is -2.44. The van der Waals surface area contributed by atoms with Crippen molar-refractivity contribution in [3.05, 3.63) is 59.8 Å². The number of benzene rings is 2. The first-order valence-corrected chi connectivity index (χ1v) is 9.67. The van der Waals surface area contributed by atoms with Crippen LogP contribution in [0.1, 0.15) is 24.0 Å². The molecule has 6 nitrogen and oxygen atoms in total. The van der Waals surface area contributed by atoms with Gasteiger partial charge in [0.2, 0.25) is 0 Å². The molecule has 0 aliphatic carbocycles. The molecule has 0 atom stereocenters. The summed E-state index contributed by atoms with van der Waals surface area (Å²) in [5.41, 5.74) is 4.09. The second-order valence-corrected chi connectivity index (χ2v) is 7.55. The van der Waals surface area contributed by atoms with Gasteiger partial charge in [0.15, 0.2) is 0 Å². The van der Waals surface area contributed by atoms with Crippen molar-refractivity contribution in [1.82, 2.24) is 15.1 Å². The number of carbonyl (C=O) groups is 2. The number of fused-ring (bicyclic) bond motifs is 1. The molecule has 144 valence electrons. The Morgan fingerprint density at radius 1 is 1.14 bits per heavy atom. The van der Waals surface area contributed by atoms with Crippen LogP contribution in [-0.4, -0.2) is 40.0 Å². The van der Waals surface area contributed by atoms with Gasteiger partial charge in [-0.25, -0.2) is 0 Å². The molecule has 2 aromatic carbocycles. The molecule has 6 heteroatoms. The molecule has 0 saturated carbocycles. The summed E-state index contributed by atoms with van der Waals surface area (Å²) in [6, 6.07) is 14.0. The third-order valence-corrected chi connectivity index (χ3v) is 5.44. The van der Waals surface area contributed by atoms with E-state index in [4.69, 9.17) is 0 Å². The largest absolute Gasteiger partial charge is 0.334 e. The van der Waals surface area contributed by atoms with Crippen molar-refractivity contribution in [3.8, 4) is 0 Å². The van der Waals surface area contributed by atoms with E-state index in [1.807, 2.05) is 6.07 Å². The van der Waals surface area contributed by atoms with Crippen molar-refractivity contribution in [2.24, 2.45) is 5.92 Å². The van der Waals surface area contributed by atoms with Crippen molar-refractivity contribution in [1.29, 1.82) is 0 Å². The molecule has 2 N–H and O–H groups in total. The third-order valence-electron chi connectivity index (χ3n) is 5.44. The number of likely N-dealkylation sites (tertiary alicyclic amines) is 1. The summed E-state index contributed by atoms with van der Waals surface area (Å²) in [7, 11) is 0. The Morgan fingerprint density at radius 3 is 2.64 bits per heavy atom. The number of piperidine rings is 1. The number of nitrogens with one attached hydrogen (secondary N) is 2. The SMILES string of the molecule is Cc1ccc(CC2CCN(C(=O)C(=O)Nc3ccc4[nH]ncc4c3)CC2)cc1. The molecule has 1 aliphatic rings. The van der Waals surface area contributed by atoms with E-state index in [1.165, 1.54) is 11.1 Å². The number of carbonyl (C=O) groups excluding carboxylic acids is 2. The zero-order valence-electron chi connectivity index (χ0n) is 15.9. The minimum absolute atomic E-state index is 0.457. The molecule has 1 aromatic heterocycles. The number of aromatic nitrogens is 2. The maximum Gasteiger partial charge on any atom is 0.313 e. The van der Waals surface area contributed by atoms with Crippen LogP contribution in [0.5, 0.6) is 0 Å². The number of anilines is 1. The second kappa shape index (κ2) is 7.84. The molecular formula is C22H24N4O2. The number of nitrogens with zero attached hydrogens (tertiary/aromatic N) is 2. The maximum absolute atomic E-state index is 12.5. The van der Waals surface area contributed by atoms with Crippen LogP contribution in [0.2, 0.25) is 0 Å². The lowest BCUT2D eigenvalue weighted by molar-refractivity contribution is -0.144. The van der Waals surface area contributed by atoms with E-state index in [2.05, 4.69) is 46.7 Å². The number of H-pyrrole nitrogens is 1. The molecule has 1 saturated heterocycles. The highest BCUT2D eigenvalue weighted by Gasteiger charge is 2.27. The van der Waals surface area contributed by atoms with Gasteiger partial charge in [0.1, 0.15) is 0 Å². The number of hydrogen-bond donors (Lipinski definition) is 2. The van der Waals surface area contributed by atoms with Gasteiger partial charge in [-0.3, -0.25) is 14.7 Å². The predicted molar refractivity (Wildman–Crippen MR) is 109 cm³/mol. The smallest absolute Gasteiger partial charge is 0.313 e. The van der Waals surface area contributed by atoms with E-state index >= 15 is 0 Å². The van der Waals surface area contributed by atoms with E-state index in [0.29, 0.717) is 24.7 Å². The molecule has 2 amide bonds. The Morgan fingerprint density at radius 2 is 1.89 bits per heavy atom. The Labute approximate surface area is 163 Å². The first-order chi connectivity index (χ1) is 13.6. The molecule has 0 unspecified atom stereocenters. The minimum Gasteiger partial charge on any atom is -0.334 e. The summed E-state index contributed by atoms with van der Waals surface area (Å²) in [5, 5.41) is 10.4. The van der Waals surface area contributed by atoms with Crippen molar-refractivity contribution in [2.75, 3.05) is 18.4 Å². The quantitative estimate of drug-likeness (QED) is 0.689.